The molecule has 3 aromatic carbocycles. The van der Waals surface area contributed by atoms with Crippen molar-refractivity contribution in [2.75, 3.05) is 35.0 Å². The summed E-state index contributed by atoms with van der Waals surface area (Å²) < 4.78 is 22.9. The summed E-state index contributed by atoms with van der Waals surface area (Å²) in [6.07, 6.45) is 1.89. The van der Waals surface area contributed by atoms with Crippen LogP contribution in [0, 0.1) is 0 Å². The Morgan fingerprint density at radius 3 is 2.07 bits per heavy atom. The standard InChI is InChI=1S/C33H31N5O6/c1-41-25-12-5-21(6-13-25)19-38-20-29(36-37-38)23-9-7-22(8-10-23)27-16-26(42-2)17-28(35-27)30(39)18-34-33(40)24-11-14-31(43-3)32(15-24)44-4/h5-17,20H,18-19H2,1-4H3,(H,34,40). The molecule has 0 atom stereocenters. The fraction of sp³-hybridized carbons (Fsp3) is 0.182. The zero-order valence-corrected chi connectivity index (χ0v) is 24.7. The maximum absolute atomic E-state index is 13.1. The fourth-order valence-electron chi connectivity index (χ4n) is 4.48. The fourth-order valence-corrected chi connectivity index (χ4v) is 4.48. The topological polar surface area (TPSA) is 127 Å². The Balaban J connectivity index is 1.27. The summed E-state index contributed by atoms with van der Waals surface area (Å²) in [7, 11) is 6.15. The first kappa shape index (κ1) is 29.8. The molecule has 0 bridgehead atoms. The lowest BCUT2D eigenvalue weighted by atomic mass is 10.1. The zero-order chi connectivity index (χ0) is 31.1. The van der Waals surface area contributed by atoms with Gasteiger partial charge in [-0.1, -0.05) is 41.6 Å². The van der Waals surface area contributed by atoms with Crippen LogP contribution in [-0.2, 0) is 6.54 Å². The van der Waals surface area contributed by atoms with Gasteiger partial charge in [0.2, 0.25) is 0 Å². The highest BCUT2D eigenvalue weighted by atomic mass is 16.5. The summed E-state index contributed by atoms with van der Waals surface area (Å²) in [5.41, 5.74) is 4.51. The SMILES string of the molecule is COc1ccc(Cn2cc(-c3ccc(-c4cc(OC)cc(C(=O)CNC(=O)c5ccc(OC)c(OC)c5)n4)cc3)nn2)cc1. The van der Waals surface area contributed by atoms with Crippen LogP contribution in [0.1, 0.15) is 26.4 Å². The van der Waals surface area contributed by atoms with E-state index in [1.165, 1.54) is 21.3 Å². The molecule has 1 amide bonds. The van der Waals surface area contributed by atoms with Gasteiger partial charge in [-0.2, -0.15) is 0 Å². The monoisotopic (exact) mass is 593 g/mol. The second kappa shape index (κ2) is 13.5. The number of aromatic nitrogens is 4. The summed E-state index contributed by atoms with van der Waals surface area (Å²) in [5, 5.41) is 11.2. The minimum absolute atomic E-state index is 0.164. The molecule has 5 rings (SSSR count). The maximum Gasteiger partial charge on any atom is 0.251 e. The van der Waals surface area contributed by atoms with Gasteiger partial charge in [-0.05, 0) is 35.9 Å². The molecule has 0 unspecified atom stereocenters. The first-order chi connectivity index (χ1) is 21.4. The molecule has 11 nitrogen and oxygen atoms in total. The molecule has 0 aliphatic rings. The number of benzene rings is 3. The minimum atomic E-state index is -0.432. The van der Waals surface area contributed by atoms with Crippen molar-refractivity contribution in [1.29, 1.82) is 0 Å². The smallest absolute Gasteiger partial charge is 0.251 e. The van der Waals surface area contributed by atoms with E-state index in [4.69, 9.17) is 18.9 Å². The molecule has 0 spiro atoms. The van der Waals surface area contributed by atoms with Crippen molar-refractivity contribution in [3.63, 3.8) is 0 Å². The van der Waals surface area contributed by atoms with Crippen molar-refractivity contribution in [2.24, 2.45) is 0 Å². The van der Waals surface area contributed by atoms with Crippen LogP contribution >= 0.6 is 0 Å². The Bertz CT molecular complexity index is 1770. The van der Waals surface area contributed by atoms with Crippen molar-refractivity contribution in [3.8, 4) is 45.5 Å². The highest BCUT2D eigenvalue weighted by Gasteiger charge is 2.16. The molecule has 0 aliphatic carbocycles. The summed E-state index contributed by atoms with van der Waals surface area (Å²) >= 11 is 0. The second-order valence-corrected chi connectivity index (χ2v) is 9.68. The third kappa shape index (κ3) is 6.84. The Morgan fingerprint density at radius 1 is 0.727 bits per heavy atom. The lowest BCUT2D eigenvalue weighted by Crippen LogP contribution is -2.30. The number of nitrogens with one attached hydrogen (secondary N) is 1. The van der Waals surface area contributed by atoms with E-state index in [1.54, 1.807) is 42.1 Å². The summed E-state index contributed by atoms with van der Waals surface area (Å²) in [5.74, 6) is 1.37. The van der Waals surface area contributed by atoms with E-state index >= 15 is 0 Å². The number of nitrogens with zero attached hydrogens (tertiary/aromatic N) is 4. The van der Waals surface area contributed by atoms with Crippen molar-refractivity contribution >= 4 is 11.7 Å². The van der Waals surface area contributed by atoms with E-state index in [-0.39, 0.29) is 18.0 Å². The molecule has 2 heterocycles. The number of carbonyl (C=O) groups is 2. The van der Waals surface area contributed by atoms with Gasteiger partial charge in [0.1, 0.15) is 22.9 Å². The van der Waals surface area contributed by atoms with Gasteiger partial charge in [0.25, 0.3) is 5.91 Å². The average Bonchev–Trinajstić information content (AvgIpc) is 3.55. The van der Waals surface area contributed by atoms with Gasteiger partial charge in [0.15, 0.2) is 17.3 Å². The van der Waals surface area contributed by atoms with Crippen LogP contribution in [-0.4, -0.2) is 66.7 Å². The number of carbonyl (C=O) groups excluding carboxylic acids is 2. The van der Waals surface area contributed by atoms with E-state index in [0.717, 1.165) is 28.1 Å². The quantitative estimate of drug-likeness (QED) is 0.205. The number of hydrogen-bond donors (Lipinski definition) is 1. The predicted molar refractivity (Wildman–Crippen MR) is 164 cm³/mol. The maximum atomic E-state index is 13.1. The number of amides is 1. The van der Waals surface area contributed by atoms with Gasteiger partial charge < -0.3 is 24.3 Å². The molecule has 11 heteroatoms. The highest BCUT2D eigenvalue weighted by Crippen LogP contribution is 2.28. The average molecular weight is 594 g/mol. The van der Waals surface area contributed by atoms with Crippen LogP contribution < -0.4 is 24.3 Å². The molecule has 44 heavy (non-hydrogen) atoms. The molecule has 0 aliphatic heterocycles. The van der Waals surface area contributed by atoms with Crippen molar-refractivity contribution in [3.05, 3.63) is 102 Å². The number of hydrogen-bond acceptors (Lipinski definition) is 9. The van der Waals surface area contributed by atoms with Crippen LogP contribution in [0.3, 0.4) is 0 Å². The number of ether oxygens (including phenoxy) is 4. The number of rotatable bonds is 12. The van der Waals surface area contributed by atoms with Gasteiger partial charge >= 0.3 is 0 Å². The van der Waals surface area contributed by atoms with Gasteiger partial charge in [0.05, 0.1) is 53.4 Å². The normalized spacial score (nSPS) is 10.6. The Kier molecular flexibility index (Phi) is 9.14. The molecule has 1 N–H and O–H groups in total. The van der Waals surface area contributed by atoms with Gasteiger partial charge in [0, 0.05) is 28.8 Å². The molecule has 0 radical (unpaired) electrons. The number of pyridine rings is 1. The van der Waals surface area contributed by atoms with Crippen LogP contribution in [0.5, 0.6) is 23.0 Å². The van der Waals surface area contributed by atoms with Crippen LogP contribution in [0.2, 0.25) is 0 Å². The number of methoxy groups -OCH3 is 4. The molecule has 0 fully saturated rings. The van der Waals surface area contributed by atoms with Gasteiger partial charge in [-0.25, -0.2) is 9.67 Å². The summed E-state index contributed by atoms with van der Waals surface area (Å²) in [6.45, 7) is 0.326. The van der Waals surface area contributed by atoms with Crippen LogP contribution in [0.4, 0.5) is 0 Å². The highest BCUT2D eigenvalue weighted by molar-refractivity contribution is 6.01. The Labute approximate surface area is 254 Å². The second-order valence-electron chi connectivity index (χ2n) is 9.68. The molecule has 0 saturated heterocycles. The third-order valence-electron chi connectivity index (χ3n) is 6.89. The van der Waals surface area contributed by atoms with Gasteiger partial charge in [-0.3, -0.25) is 9.59 Å². The van der Waals surface area contributed by atoms with Crippen LogP contribution in [0.25, 0.3) is 22.5 Å². The lowest BCUT2D eigenvalue weighted by Gasteiger charge is -2.11. The van der Waals surface area contributed by atoms with Crippen molar-refractivity contribution in [1.82, 2.24) is 25.3 Å². The summed E-state index contributed by atoms with van der Waals surface area (Å²) in [6, 6.07) is 23.5. The summed E-state index contributed by atoms with van der Waals surface area (Å²) in [4.78, 5) is 30.3. The molecule has 5 aromatic rings. The molecular formula is C33H31N5O6. The van der Waals surface area contributed by atoms with Crippen molar-refractivity contribution in [2.45, 2.75) is 6.54 Å². The Morgan fingerprint density at radius 2 is 1.41 bits per heavy atom. The first-order valence-electron chi connectivity index (χ1n) is 13.6. The minimum Gasteiger partial charge on any atom is -0.497 e. The van der Waals surface area contributed by atoms with E-state index < -0.39 is 5.91 Å². The van der Waals surface area contributed by atoms with E-state index in [1.807, 2.05) is 54.7 Å². The third-order valence-corrected chi connectivity index (χ3v) is 6.89. The number of ketones is 1. The van der Waals surface area contributed by atoms with E-state index in [2.05, 4.69) is 20.6 Å². The van der Waals surface area contributed by atoms with E-state index in [9.17, 15) is 9.59 Å². The largest absolute Gasteiger partial charge is 0.497 e. The molecule has 2 aromatic heterocycles. The zero-order valence-electron chi connectivity index (χ0n) is 24.7. The Hall–Kier alpha value is -5.71. The van der Waals surface area contributed by atoms with E-state index in [0.29, 0.717) is 35.1 Å². The van der Waals surface area contributed by atoms with Gasteiger partial charge in [-0.15, -0.1) is 5.10 Å². The first-order valence-corrected chi connectivity index (χ1v) is 13.6. The lowest BCUT2D eigenvalue weighted by molar-refractivity contribution is 0.0902. The predicted octanol–water partition coefficient (Wildman–Crippen LogP) is 4.70. The molecule has 0 saturated carbocycles. The molecule has 224 valence electrons. The number of Topliss-reactive ketones (excluding diaryl/α,β-unsaturated/α-hetero) is 1. The van der Waals surface area contributed by atoms with Crippen molar-refractivity contribution < 1.29 is 28.5 Å². The van der Waals surface area contributed by atoms with Crippen LogP contribution in [0.15, 0.2) is 85.1 Å². The molecular weight excluding hydrogens is 562 g/mol.